The van der Waals surface area contributed by atoms with Crippen LogP contribution in [0.15, 0.2) is 24.4 Å². The maximum absolute atomic E-state index is 13.2. The Morgan fingerprint density at radius 1 is 1.05 bits per heavy atom. The summed E-state index contributed by atoms with van der Waals surface area (Å²) in [6, 6.07) is 5.46. The zero-order valence-electron chi connectivity index (χ0n) is 21.3. The number of nitrogens with zero attached hydrogens (tertiary/aromatic N) is 6. The SMILES string of the molecule is CNc1nc(NC2CCC(C(C)(C)O)CC2)nn2ccc(-c3ccc4nc(C)n(CC(F)(F)F)c4n3)c12. The lowest BCUT2D eigenvalue weighted by Gasteiger charge is -2.36. The molecule has 4 heterocycles. The summed E-state index contributed by atoms with van der Waals surface area (Å²) in [7, 11) is 1.76. The van der Waals surface area contributed by atoms with Crippen LogP contribution >= 0.6 is 0 Å². The van der Waals surface area contributed by atoms with Crippen LogP contribution in [0.1, 0.15) is 45.4 Å². The molecular weight excluding hydrogens is 485 g/mol. The van der Waals surface area contributed by atoms with Crippen LogP contribution in [0, 0.1) is 12.8 Å². The van der Waals surface area contributed by atoms with Gasteiger partial charge in [-0.05, 0) is 70.6 Å². The third kappa shape index (κ3) is 5.07. The van der Waals surface area contributed by atoms with Crippen molar-refractivity contribution in [2.75, 3.05) is 17.7 Å². The lowest BCUT2D eigenvalue weighted by atomic mass is 9.77. The Labute approximate surface area is 212 Å². The van der Waals surface area contributed by atoms with E-state index in [1.54, 1.807) is 36.8 Å². The Morgan fingerprint density at radius 3 is 2.43 bits per heavy atom. The number of alkyl halides is 3. The number of aryl methyl sites for hydroxylation is 1. The monoisotopic (exact) mass is 516 g/mol. The quantitative estimate of drug-likeness (QED) is 0.338. The van der Waals surface area contributed by atoms with Gasteiger partial charge in [-0.1, -0.05) is 0 Å². The van der Waals surface area contributed by atoms with Crippen molar-refractivity contribution in [3.8, 4) is 11.3 Å². The van der Waals surface area contributed by atoms with Gasteiger partial charge in [0.25, 0.3) is 0 Å². The number of aliphatic hydroxyl groups is 1. The molecule has 1 fully saturated rings. The molecule has 1 aliphatic carbocycles. The molecule has 0 atom stereocenters. The average Bonchev–Trinajstić information content (AvgIpc) is 3.38. The van der Waals surface area contributed by atoms with Crippen molar-refractivity contribution in [3.63, 3.8) is 0 Å². The lowest BCUT2D eigenvalue weighted by Crippen LogP contribution is -2.37. The first kappa shape index (κ1) is 25.2. The van der Waals surface area contributed by atoms with Gasteiger partial charge in [0.2, 0.25) is 5.95 Å². The Hall–Kier alpha value is -3.41. The number of hydrogen-bond donors (Lipinski definition) is 3. The first-order valence-corrected chi connectivity index (χ1v) is 12.4. The first-order valence-electron chi connectivity index (χ1n) is 12.4. The minimum absolute atomic E-state index is 0.179. The molecule has 0 aromatic carbocycles. The van der Waals surface area contributed by atoms with E-state index in [2.05, 4.69) is 30.7 Å². The van der Waals surface area contributed by atoms with Crippen LogP contribution < -0.4 is 10.6 Å². The highest BCUT2D eigenvalue weighted by atomic mass is 19.4. The molecule has 0 bridgehead atoms. The van der Waals surface area contributed by atoms with Crippen LogP contribution in [0.2, 0.25) is 0 Å². The normalized spacial score (nSPS) is 19.0. The fourth-order valence-electron chi connectivity index (χ4n) is 5.23. The molecule has 4 aromatic heterocycles. The van der Waals surface area contributed by atoms with Crippen molar-refractivity contribution in [1.29, 1.82) is 0 Å². The zero-order chi connectivity index (χ0) is 26.5. The predicted octanol–water partition coefficient (Wildman–Crippen LogP) is 4.80. The summed E-state index contributed by atoms with van der Waals surface area (Å²) >= 11 is 0. The lowest BCUT2D eigenvalue weighted by molar-refractivity contribution is -0.140. The number of halogens is 3. The summed E-state index contributed by atoms with van der Waals surface area (Å²) in [5, 5.41) is 21.5. The number of nitrogens with one attached hydrogen (secondary N) is 2. The van der Waals surface area contributed by atoms with Gasteiger partial charge in [-0.3, -0.25) is 0 Å². The number of hydrogen-bond acceptors (Lipinski definition) is 7. The van der Waals surface area contributed by atoms with E-state index in [9.17, 15) is 18.3 Å². The molecule has 4 aromatic rings. The second-order valence-electron chi connectivity index (χ2n) is 10.3. The van der Waals surface area contributed by atoms with Crippen LogP contribution in [0.3, 0.4) is 0 Å². The second kappa shape index (κ2) is 9.16. The molecule has 12 heteroatoms. The summed E-state index contributed by atoms with van der Waals surface area (Å²) < 4.78 is 42.3. The number of rotatable bonds is 6. The standard InChI is InChI=1S/C25H31F3N8O/c1-14-30-19-10-9-18(32-22(19)35(14)13-25(26,27)28)17-11-12-36-20(17)21(29-4)33-23(34-36)31-16-7-5-15(6-8-16)24(2,3)37/h9-12,15-16,37H,5-8,13H2,1-4H3,(H2,29,31,33,34). The highest BCUT2D eigenvalue weighted by Crippen LogP contribution is 2.34. The van der Waals surface area contributed by atoms with E-state index in [-0.39, 0.29) is 23.4 Å². The van der Waals surface area contributed by atoms with E-state index in [0.29, 0.717) is 34.1 Å². The van der Waals surface area contributed by atoms with E-state index >= 15 is 0 Å². The predicted molar refractivity (Wildman–Crippen MR) is 136 cm³/mol. The molecule has 3 N–H and O–H groups in total. The fraction of sp³-hybridized carbons (Fsp3) is 0.520. The Morgan fingerprint density at radius 2 is 1.78 bits per heavy atom. The Bertz CT molecular complexity index is 1430. The summed E-state index contributed by atoms with van der Waals surface area (Å²) in [4.78, 5) is 13.5. The van der Waals surface area contributed by atoms with Gasteiger partial charge in [-0.15, -0.1) is 5.10 Å². The van der Waals surface area contributed by atoms with Gasteiger partial charge in [-0.25, -0.2) is 14.5 Å². The third-order valence-electron chi connectivity index (χ3n) is 7.20. The molecule has 0 unspecified atom stereocenters. The van der Waals surface area contributed by atoms with Gasteiger partial charge in [0, 0.05) is 24.8 Å². The van der Waals surface area contributed by atoms with Gasteiger partial charge in [0.05, 0.1) is 11.3 Å². The van der Waals surface area contributed by atoms with Crippen LogP contribution in [-0.4, -0.2) is 59.1 Å². The highest BCUT2D eigenvalue weighted by Gasteiger charge is 2.32. The number of fused-ring (bicyclic) bond motifs is 2. The Balaban J connectivity index is 1.46. The fourth-order valence-corrected chi connectivity index (χ4v) is 5.23. The topological polar surface area (TPSA) is 105 Å². The molecule has 0 spiro atoms. The van der Waals surface area contributed by atoms with Crippen LogP contribution in [0.5, 0.6) is 0 Å². The van der Waals surface area contributed by atoms with Crippen molar-refractivity contribution in [1.82, 2.24) is 29.1 Å². The molecule has 0 radical (unpaired) electrons. The number of imidazole rings is 1. The van der Waals surface area contributed by atoms with Crippen molar-refractivity contribution in [3.05, 3.63) is 30.2 Å². The van der Waals surface area contributed by atoms with Crippen LogP contribution in [-0.2, 0) is 6.54 Å². The van der Waals surface area contributed by atoms with E-state index < -0.39 is 18.3 Å². The molecule has 1 saturated carbocycles. The first-order chi connectivity index (χ1) is 17.4. The molecule has 0 aliphatic heterocycles. The van der Waals surface area contributed by atoms with Crippen LogP contribution in [0.25, 0.3) is 27.9 Å². The van der Waals surface area contributed by atoms with Crippen molar-refractivity contribution >= 4 is 28.4 Å². The van der Waals surface area contributed by atoms with Gasteiger partial charge in [0.1, 0.15) is 23.4 Å². The molecule has 0 amide bonds. The number of aromatic nitrogens is 6. The highest BCUT2D eigenvalue weighted by molar-refractivity contribution is 5.89. The third-order valence-corrected chi connectivity index (χ3v) is 7.20. The molecule has 37 heavy (non-hydrogen) atoms. The Kier molecular flexibility index (Phi) is 6.25. The number of anilines is 2. The smallest absolute Gasteiger partial charge is 0.390 e. The average molecular weight is 517 g/mol. The maximum atomic E-state index is 13.2. The van der Waals surface area contributed by atoms with Gasteiger partial charge < -0.3 is 20.3 Å². The van der Waals surface area contributed by atoms with Gasteiger partial charge in [-0.2, -0.15) is 18.2 Å². The minimum Gasteiger partial charge on any atom is -0.390 e. The molecule has 9 nitrogen and oxygen atoms in total. The molecule has 1 aliphatic rings. The van der Waals surface area contributed by atoms with E-state index in [1.807, 2.05) is 19.9 Å². The van der Waals surface area contributed by atoms with Crippen molar-refractivity contribution in [2.45, 2.75) is 70.8 Å². The van der Waals surface area contributed by atoms with Crippen molar-refractivity contribution in [2.24, 2.45) is 5.92 Å². The summed E-state index contributed by atoms with van der Waals surface area (Å²) in [5.74, 6) is 1.58. The van der Waals surface area contributed by atoms with Crippen LogP contribution in [0.4, 0.5) is 24.9 Å². The summed E-state index contributed by atoms with van der Waals surface area (Å²) in [6.07, 6.45) is 1.08. The number of pyridine rings is 1. The van der Waals surface area contributed by atoms with Gasteiger partial charge >= 0.3 is 6.18 Å². The van der Waals surface area contributed by atoms with E-state index in [0.717, 1.165) is 30.3 Å². The van der Waals surface area contributed by atoms with Gasteiger partial charge in [0.15, 0.2) is 11.5 Å². The second-order valence-corrected chi connectivity index (χ2v) is 10.3. The largest absolute Gasteiger partial charge is 0.406 e. The molecule has 0 saturated heterocycles. The maximum Gasteiger partial charge on any atom is 0.406 e. The zero-order valence-corrected chi connectivity index (χ0v) is 21.3. The van der Waals surface area contributed by atoms with Crippen molar-refractivity contribution < 1.29 is 18.3 Å². The van der Waals surface area contributed by atoms with E-state index in [1.165, 1.54) is 0 Å². The van der Waals surface area contributed by atoms with E-state index in [4.69, 9.17) is 0 Å². The minimum atomic E-state index is -4.39. The molecule has 5 rings (SSSR count). The summed E-state index contributed by atoms with van der Waals surface area (Å²) in [5.41, 5.74) is 1.78. The molecular formula is C25H31F3N8O. The molecule has 198 valence electrons. The summed E-state index contributed by atoms with van der Waals surface area (Å²) in [6.45, 7) is 4.12.